The quantitative estimate of drug-likeness (QED) is 0.346. The van der Waals surface area contributed by atoms with Gasteiger partial charge in [-0.15, -0.1) is 6.58 Å². The van der Waals surface area contributed by atoms with E-state index in [1.807, 2.05) is 44.2 Å². The Balaban J connectivity index is 1.50. The highest BCUT2D eigenvalue weighted by Gasteiger charge is 2.23. The molecule has 4 heterocycles. The van der Waals surface area contributed by atoms with Gasteiger partial charge in [-0.05, 0) is 43.4 Å². The SMILES string of the molecule is C=CCn1c(=O)c2cnc(Nc3ccc(N4CCN(C)CC4)cc3)nc2n1-c1cccc(C(C)(C)CO)n1. The number of hydrogen-bond acceptors (Lipinski definition) is 8. The Kier molecular flexibility index (Phi) is 7.00. The topological polar surface area (TPSA) is 104 Å². The Morgan fingerprint density at radius 1 is 1.08 bits per heavy atom. The Morgan fingerprint density at radius 2 is 1.82 bits per heavy atom. The van der Waals surface area contributed by atoms with Gasteiger partial charge in [-0.25, -0.2) is 19.3 Å². The second-order valence-electron chi connectivity index (χ2n) is 10.3. The summed E-state index contributed by atoms with van der Waals surface area (Å²) in [6.45, 7) is 12.0. The summed E-state index contributed by atoms with van der Waals surface area (Å²) >= 11 is 0. The molecule has 38 heavy (non-hydrogen) atoms. The molecule has 0 spiro atoms. The highest BCUT2D eigenvalue weighted by Crippen LogP contribution is 2.24. The molecule has 0 unspecified atom stereocenters. The second-order valence-corrected chi connectivity index (χ2v) is 10.3. The number of aliphatic hydroxyl groups is 1. The molecule has 0 atom stereocenters. The van der Waals surface area contributed by atoms with Crippen molar-refractivity contribution < 1.29 is 5.11 Å². The number of aromatic nitrogens is 5. The molecule has 4 aromatic rings. The maximum Gasteiger partial charge on any atom is 0.278 e. The van der Waals surface area contributed by atoms with Crippen molar-refractivity contribution in [1.29, 1.82) is 0 Å². The molecule has 1 aliphatic heterocycles. The second kappa shape index (κ2) is 10.4. The molecule has 5 rings (SSSR count). The maximum atomic E-state index is 13.2. The Morgan fingerprint density at radius 3 is 2.50 bits per heavy atom. The van der Waals surface area contributed by atoms with Gasteiger partial charge in [0, 0.05) is 49.2 Å². The number of hydrogen-bond donors (Lipinski definition) is 2. The van der Waals surface area contributed by atoms with E-state index in [2.05, 4.69) is 45.9 Å². The van der Waals surface area contributed by atoms with E-state index >= 15 is 0 Å². The molecule has 10 nitrogen and oxygen atoms in total. The first-order valence-electron chi connectivity index (χ1n) is 12.8. The number of pyridine rings is 1. The van der Waals surface area contributed by atoms with E-state index in [1.54, 1.807) is 21.6 Å². The van der Waals surface area contributed by atoms with Crippen LogP contribution in [-0.2, 0) is 12.0 Å². The van der Waals surface area contributed by atoms with Crippen LogP contribution >= 0.6 is 0 Å². The fourth-order valence-corrected chi connectivity index (χ4v) is 4.56. The highest BCUT2D eigenvalue weighted by molar-refractivity contribution is 5.77. The molecule has 1 aliphatic rings. The number of likely N-dealkylation sites (N-methyl/N-ethyl adjacent to an activating group) is 1. The molecule has 1 saturated heterocycles. The van der Waals surface area contributed by atoms with Crippen molar-refractivity contribution in [3.8, 4) is 5.82 Å². The van der Waals surface area contributed by atoms with Crippen molar-refractivity contribution >= 4 is 28.4 Å². The van der Waals surface area contributed by atoms with E-state index in [0.29, 0.717) is 28.5 Å². The van der Waals surface area contributed by atoms with Crippen LogP contribution in [0.15, 0.2) is 66.1 Å². The van der Waals surface area contributed by atoms with Gasteiger partial charge in [0.2, 0.25) is 5.95 Å². The van der Waals surface area contributed by atoms with Crippen molar-refractivity contribution in [2.75, 3.05) is 50.1 Å². The Hall–Kier alpha value is -4.02. The number of nitrogens with zero attached hydrogens (tertiary/aromatic N) is 7. The average molecular weight is 515 g/mol. The maximum absolute atomic E-state index is 13.2. The van der Waals surface area contributed by atoms with Gasteiger partial charge in [-0.1, -0.05) is 26.0 Å². The molecule has 198 valence electrons. The first-order chi connectivity index (χ1) is 18.3. The van der Waals surface area contributed by atoms with Gasteiger partial charge in [-0.3, -0.25) is 4.79 Å². The first kappa shape index (κ1) is 25.6. The normalized spacial score (nSPS) is 14.7. The zero-order valence-electron chi connectivity index (χ0n) is 22.1. The third-order valence-corrected chi connectivity index (χ3v) is 7.01. The van der Waals surface area contributed by atoms with Gasteiger partial charge >= 0.3 is 0 Å². The van der Waals surface area contributed by atoms with E-state index in [4.69, 9.17) is 9.97 Å². The van der Waals surface area contributed by atoms with Crippen LogP contribution in [0.3, 0.4) is 0 Å². The molecule has 1 fully saturated rings. The molecular weight excluding hydrogens is 480 g/mol. The number of benzene rings is 1. The zero-order chi connectivity index (χ0) is 26.9. The van der Waals surface area contributed by atoms with Gasteiger partial charge in [0.15, 0.2) is 11.5 Å². The molecule has 0 aliphatic carbocycles. The lowest BCUT2D eigenvalue weighted by Gasteiger charge is -2.34. The van der Waals surface area contributed by atoms with Crippen LogP contribution in [0.4, 0.5) is 17.3 Å². The molecule has 3 aromatic heterocycles. The minimum Gasteiger partial charge on any atom is -0.395 e. The monoisotopic (exact) mass is 514 g/mol. The van der Waals surface area contributed by atoms with Crippen molar-refractivity contribution in [2.45, 2.75) is 25.8 Å². The summed E-state index contributed by atoms with van der Waals surface area (Å²) in [5, 5.41) is 13.5. The van der Waals surface area contributed by atoms with Crippen molar-refractivity contribution in [1.82, 2.24) is 29.2 Å². The predicted octanol–water partition coefficient (Wildman–Crippen LogP) is 2.93. The van der Waals surface area contributed by atoms with E-state index in [9.17, 15) is 9.90 Å². The summed E-state index contributed by atoms with van der Waals surface area (Å²) in [6.07, 6.45) is 3.20. The molecule has 1 aromatic carbocycles. The summed E-state index contributed by atoms with van der Waals surface area (Å²) < 4.78 is 3.23. The molecule has 0 saturated carbocycles. The number of anilines is 3. The van der Waals surface area contributed by atoms with Gasteiger partial charge in [0.1, 0.15) is 5.39 Å². The van der Waals surface area contributed by atoms with Crippen LogP contribution in [-0.4, -0.2) is 74.2 Å². The molecule has 10 heteroatoms. The van der Waals surface area contributed by atoms with Crippen LogP contribution < -0.4 is 15.8 Å². The first-order valence-corrected chi connectivity index (χ1v) is 12.8. The number of rotatable bonds is 8. The van der Waals surface area contributed by atoms with Crippen LogP contribution in [0.25, 0.3) is 16.9 Å². The lowest BCUT2D eigenvalue weighted by Crippen LogP contribution is -2.44. The Labute approximate surface area is 221 Å². The number of piperazine rings is 1. The van der Waals surface area contributed by atoms with Crippen LogP contribution in [0.2, 0.25) is 0 Å². The van der Waals surface area contributed by atoms with E-state index < -0.39 is 5.41 Å². The standard InChI is InChI=1S/C28H34N8O2/c1-5-13-35-26(38)22-18-29-27(30-20-9-11-21(12-10-20)34-16-14-33(4)15-17-34)32-25(22)36(35)24-8-6-7-23(31-24)28(2,3)19-37/h5-12,18,37H,1,13-17,19H2,2-4H3,(H,29,30,32). The van der Waals surface area contributed by atoms with Gasteiger partial charge < -0.3 is 20.2 Å². The molecule has 0 radical (unpaired) electrons. The highest BCUT2D eigenvalue weighted by atomic mass is 16.3. The molecule has 0 bridgehead atoms. The zero-order valence-corrected chi connectivity index (χ0v) is 22.1. The van der Waals surface area contributed by atoms with E-state index in [1.165, 1.54) is 5.69 Å². The number of aliphatic hydroxyl groups excluding tert-OH is 1. The van der Waals surface area contributed by atoms with Crippen LogP contribution in [0.1, 0.15) is 19.5 Å². The minimum atomic E-state index is -0.541. The summed E-state index contributed by atoms with van der Waals surface area (Å²) in [5.41, 5.74) is 2.43. The van der Waals surface area contributed by atoms with E-state index in [0.717, 1.165) is 31.9 Å². The summed E-state index contributed by atoms with van der Waals surface area (Å²) in [4.78, 5) is 31.9. The van der Waals surface area contributed by atoms with Crippen LogP contribution in [0, 0.1) is 0 Å². The molecule has 0 amide bonds. The molecular formula is C28H34N8O2. The molecule has 2 N–H and O–H groups in total. The minimum absolute atomic E-state index is 0.0564. The van der Waals surface area contributed by atoms with Crippen molar-refractivity contribution in [2.24, 2.45) is 0 Å². The fraction of sp³-hybridized carbons (Fsp3) is 0.357. The van der Waals surface area contributed by atoms with Crippen LogP contribution in [0.5, 0.6) is 0 Å². The lowest BCUT2D eigenvalue weighted by atomic mass is 9.90. The van der Waals surface area contributed by atoms with Gasteiger partial charge in [-0.2, -0.15) is 4.98 Å². The van der Waals surface area contributed by atoms with Crippen molar-refractivity contribution in [3.05, 3.63) is 77.4 Å². The van der Waals surface area contributed by atoms with Crippen molar-refractivity contribution in [3.63, 3.8) is 0 Å². The Bertz CT molecular complexity index is 1500. The smallest absolute Gasteiger partial charge is 0.278 e. The summed E-state index contributed by atoms with van der Waals surface area (Å²) in [5.74, 6) is 0.903. The average Bonchev–Trinajstić information content (AvgIpc) is 3.20. The number of fused-ring (bicyclic) bond motifs is 1. The van der Waals surface area contributed by atoms with Gasteiger partial charge in [0.05, 0.1) is 18.8 Å². The fourth-order valence-electron chi connectivity index (χ4n) is 4.56. The third kappa shape index (κ3) is 4.92. The number of allylic oxidation sites excluding steroid dienone is 1. The summed E-state index contributed by atoms with van der Waals surface area (Å²) in [6, 6.07) is 13.8. The largest absolute Gasteiger partial charge is 0.395 e. The summed E-state index contributed by atoms with van der Waals surface area (Å²) in [7, 11) is 2.15. The predicted molar refractivity (Wildman–Crippen MR) is 151 cm³/mol. The lowest BCUT2D eigenvalue weighted by molar-refractivity contribution is 0.215. The number of nitrogens with one attached hydrogen (secondary N) is 1. The third-order valence-electron chi connectivity index (χ3n) is 7.01. The van der Waals surface area contributed by atoms with E-state index in [-0.39, 0.29) is 18.7 Å². The van der Waals surface area contributed by atoms with Gasteiger partial charge in [0.25, 0.3) is 5.56 Å².